The Hall–Kier alpha value is -3.09. The van der Waals surface area contributed by atoms with Crippen molar-refractivity contribution >= 4 is 17.0 Å². The van der Waals surface area contributed by atoms with Crippen LogP contribution in [0.15, 0.2) is 42.6 Å². The number of hydrogen-bond donors (Lipinski definition) is 0. The highest BCUT2D eigenvalue weighted by Gasteiger charge is 2.29. The molecule has 0 spiro atoms. The van der Waals surface area contributed by atoms with Crippen LogP contribution >= 0.6 is 0 Å². The number of carbonyl (C=O) groups is 1. The van der Waals surface area contributed by atoms with Gasteiger partial charge < -0.3 is 14.4 Å². The molecule has 2 aromatic carbocycles. The number of carbonyl (C=O) groups excluding carboxylic acids is 1. The van der Waals surface area contributed by atoms with Crippen LogP contribution in [0.5, 0.6) is 5.75 Å². The van der Waals surface area contributed by atoms with Crippen LogP contribution in [0.25, 0.3) is 22.0 Å². The molecular weight excluding hydrogens is 397 g/mol. The molecule has 31 heavy (non-hydrogen) atoms. The third-order valence-electron chi connectivity index (χ3n) is 5.43. The second-order valence-corrected chi connectivity index (χ2v) is 8.92. The SMILES string of the molecule is COc1cccc(F)c1-c1ccc2cn(C3CCCN(C(=O)OC(C)(C)C)C3)nc2c1. The molecule has 1 aliphatic rings. The Kier molecular flexibility index (Phi) is 5.60. The van der Waals surface area contributed by atoms with Gasteiger partial charge in [-0.2, -0.15) is 5.10 Å². The standard InChI is InChI=1S/C24H28FN3O3/c1-24(2,3)31-23(29)27-12-6-7-18(15-27)28-14-17-11-10-16(13-20(17)26-28)22-19(25)8-5-9-21(22)30-4/h5,8-11,13-14,18H,6-7,12,15H2,1-4H3. The van der Waals surface area contributed by atoms with Crippen LogP contribution in [0, 0.1) is 5.82 Å². The lowest BCUT2D eigenvalue weighted by Crippen LogP contribution is -2.43. The third-order valence-corrected chi connectivity index (χ3v) is 5.43. The number of aromatic nitrogens is 2. The summed E-state index contributed by atoms with van der Waals surface area (Å²) in [6, 6.07) is 10.6. The summed E-state index contributed by atoms with van der Waals surface area (Å²) in [6.45, 7) is 6.85. The molecule has 0 N–H and O–H groups in total. The minimum atomic E-state index is -0.519. The number of hydrogen-bond acceptors (Lipinski definition) is 4. The molecule has 1 unspecified atom stereocenters. The monoisotopic (exact) mass is 425 g/mol. The number of amides is 1. The minimum absolute atomic E-state index is 0.0696. The first kappa shape index (κ1) is 21.2. The average Bonchev–Trinajstić information content (AvgIpc) is 3.16. The Bertz CT molecular complexity index is 1100. The van der Waals surface area contributed by atoms with Crippen LogP contribution in [-0.2, 0) is 4.74 Å². The van der Waals surface area contributed by atoms with E-state index in [2.05, 4.69) is 0 Å². The number of ether oxygens (including phenoxy) is 2. The lowest BCUT2D eigenvalue weighted by atomic mass is 10.0. The molecular formula is C24H28FN3O3. The molecule has 0 radical (unpaired) electrons. The zero-order valence-corrected chi connectivity index (χ0v) is 18.4. The second-order valence-electron chi connectivity index (χ2n) is 8.92. The second kappa shape index (κ2) is 8.21. The van der Waals surface area contributed by atoms with E-state index in [1.54, 1.807) is 17.0 Å². The molecule has 0 aliphatic carbocycles. The predicted octanol–water partition coefficient (Wildman–Crippen LogP) is 5.42. The van der Waals surface area contributed by atoms with Crippen LogP contribution in [0.4, 0.5) is 9.18 Å². The lowest BCUT2D eigenvalue weighted by molar-refractivity contribution is 0.0168. The number of benzene rings is 2. The molecule has 3 aromatic rings. The number of methoxy groups -OCH3 is 1. The number of halogens is 1. The van der Waals surface area contributed by atoms with Crippen molar-refractivity contribution in [2.24, 2.45) is 0 Å². The van der Waals surface area contributed by atoms with Crippen LogP contribution in [-0.4, -0.2) is 46.6 Å². The molecule has 1 aromatic heterocycles. The van der Waals surface area contributed by atoms with Gasteiger partial charge in [0.05, 0.1) is 24.2 Å². The van der Waals surface area contributed by atoms with Gasteiger partial charge >= 0.3 is 6.09 Å². The Morgan fingerprint density at radius 3 is 2.77 bits per heavy atom. The van der Waals surface area contributed by atoms with Gasteiger partial charge in [-0.3, -0.25) is 4.68 Å². The van der Waals surface area contributed by atoms with Crippen molar-refractivity contribution in [3.8, 4) is 16.9 Å². The van der Waals surface area contributed by atoms with Crippen molar-refractivity contribution < 1.29 is 18.7 Å². The molecule has 0 bridgehead atoms. The van der Waals surface area contributed by atoms with Crippen LogP contribution in [0.1, 0.15) is 39.7 Å². The Labute approximate surface area is 181 Å². The highest BCUT2D eigenvalue weighted by atomic mass is 19.1. The van der Waals surface area contributed by atoms with Gasteiger partial charge in [0, 0.05) is 24.7 Å². The highest BCUT2D eigenvalue weighted by Crippen LogP contribution is 2.34. The Morgan fingerprint density at radius 1 is 1.23 bits per heavy atom. The van der Waals surface area contributed by atoms with Gasteiger partial charge in [0.25, 0.3) is 0 Å². The summed E-state index contributed by atoms with van der Waals surface area (Å²) in [6.07, 6.45) is 3.52. The van der Waals surface area contributed by atoms with Gasteiger partial charge in [0.1, 0.15) is 17.2 Å². The lowest BCUT2D eigenvalue weighted by Gasteiger charge is -2.34. The van der Waals surface area contributed by atoms with Gasteiger partial charge in [-0.25, -0.2) is 9.18 Å². The van der Waals surface area contributed by atoms with E-state index in [9.17, 15) is 9.18 Å². The Morgan fingerprint density at radius 2 is 2.03 bits per heavy atom. The van der Waals surface area contributed by atoms with Crippen molar-refractivity contribution in [2.75, 3.05) is 20.2 Å². The molecule has 6 nitrogen and oxygen atoms in total. The molecule has 1 saturated heterocycles. The predicted molar refractivity (Wildman–Crippen MR) is 118 cm³/mol. The smallest absolute Gasteiger partial charge is 0.410 e. The van der Waals surface area contributed by atoms with Gasteiger partial charge in [-0.15, -0.1) is 0 Å². The van der Waals surface area contributed by atoms with Crippen molar-refractivity contribution in [1.29, 1.82) is 0 Å². The molecule has 1 fully saturated rings. The van der Waals surface area contributed by atoms with E-state index in [4.69, 9.17) is 14.6 Å². The van der Waals surface area contributed by atoms with Crippen molar-refractivity contribution in [1.82, 2.24) is 14.7 Å². The van der Waals surface area contributed by atoms with E-state index >= 15 is 0 Å². The van der Waals surface area contributed by atoms with Gasteiger partial charge in [0.2, 0.25) is 0 Å². The van der Waals surface area contributed by atoms with Gasteiger partial charge in [0.15, 0.2) is 0 Å². The maximum absolute atomic E-state index is 14.5. The Balaban J connectivity index is 1.60. The maximum atomic E-state index is 14.5. The van der Waals surface area contributed by atoms with Crippen molar-refractivity contribution in [3.05, 3.63) is 48.4 Å². The number of likely N-dealkylation sites (tertiary alicyclic amines) is 1. The normalized spacial score (nSPS) is 17.1. The summed E-state index contributed by atoms with van der Waals surface area (Å²) >= 11 is 0. The highest BCUT2D eigenvalue weighted by molar-refractivity contribution is 5.85. The summed E-state index contributed by atoms with van der Waals surface area (Å²) in [7, 11) is 1.53. The summed E-state index contributed by atoms with van der Waals surface area (Å²) in [5.41, 5.74) is 1.40. The molecule has 7 heteroatoms. The topological polar surface area (TPSA) is 56.6 Å². The summed E-state index contributed by atoms with van der Waals surface area (Å²) in [5.74, 6) is 0.150. The molecule has 2 heterocycles. The first-order valence-corrected chi connectivity index (χ1v) is 10.5. The van der Waals surface area contributed by atoms with E-state index < -0.39 is 5.60 Å². The fourth-order valence-electron chi connectivity index (χ4n) is 4.00. The third kappa shape index (κ3) is 4.50. The van der Waals surface area contributed by atoms with E-state index in [1.807, 2.05) is 49.8 Å². The molecule has 0 saturated carbocycles. The van der Waals surface area contributed by atoms with E-state index in [1.165, 1.54) is 13.2 Å². The number of rotatable bonds is 3. The van der Waals surface area contributed by atoms with Crippen LogP contribution in [0.2, 0.25) is 0 Å². The molecule has 1 atom stereocenters. The fourth-order valence-corrected chi connectivity index (χ4v) is 4.00. The largest absolute Gasteiger partial charge is 0.496 e. The summed E-state index contributed by atoms with van der Waals surface area (Å²) < 4.78 is 27.3. The number of fused-ring (bicyclic) bond motifs is 1. The summed E-state index contributed by atoms with van der Waals surface area (Å²) in [5, 5.41) is 5.72. The van der Waals surface area contributed by atoms with Crippen LogP contribution in [0.3, 0.4) is 0 Å². The van der Waals surface area contributed by atoms with E-state index in [0.29, 0.717) is 30.0 Å². The maximum Gasteiger partial charge on any atom is 0.410 e. The zero-order valence-electron chi connectivity index (χ0n) is 18.4. The molecule has 164 valence electrons. The first-order chi connectivity index (χ1) is 14.7. The van der Waals surface area contributed by atoms with Gasteiger partial charge in [-0.1, -0.05) is 18.2 Å². The van der Waals surface area contributed by atoms with Crippen molar-refractivity contribution in [3.63, 3.8) is 0 Å². The summed E-state index contributed by atoms with van der Waals surface area (Å²) in [4.78, 5) is 14.2. The molecule has 1 aliphatic heterocycles. The molecule has 4 rings (SSSR count). The number of nitrogens with zero attached hydrogens (tertiary/aromatic N) is 3. The van der Waals surface area contributed by atoms with E-state index in [-0.39, 0.29) is 18.0 Å². The first-order valence-electron chi connectivity index (χ1n) is 10.5. The van der Waals surface area contributed by atoms with E-state index in [0.717, 1.165) is 23.7 Å². The van der Waals surface area contributed by atoms with Crippen LogP contribution < -0.4 is 4.74 Å². The number of piperidine rings is 1. The minimum Gasteiger partial charge on any atom is -0.496 e. The zero-order chi connectivity index (χ0) is 22.2. The molecule has 1 amide bonds. The fraction of sp³-hybridized carbons (Fsp3) is 0.417. The average molecular weight is 426 g/mol. The van der Waals surface area contributed by atoms with Crippen molar-refractivity contribution in [2.45, 2.75) is 45.3 Å². The quantitative estimate of drug-likeness (QED) is 0.562. The van der Waals surface area contributed by atoms with Gasteiger partial charge in [-0.05, 0) is 57.4 Å².